The van der Waals surface area contributed by atoms with Gasteiger partial charge >= 0.3 is 0 Å². The van der Waals surface area contributed by atoms with Crippen molar-refractivity contribution in [2.24, 2.45) is 5.92 Å². The smallest absolute Gasteiger partial charge is 0.293 e. The molecule has 0 amide bonds. The zero-order valence-corrected chi connectivity index (χ0v) is 17.2. The maximum Gasteiger partial charge on any atom is 0.293 e. The molecule has 0 atom stereocenters. The molecule has 1 N–H and O–H groups in total. The van der Waals surface area contributed by atoms with E-state index in [2.05, 4.69) is 32.6 Å². The number of hydrogen-bond acceptors (Lipinski definition) is 3. The summed E-state index contributed by atoms with van der Waals surface area (Å²) in [6, 6.07) is 6.36. The topological polar surface area (TPSA) is 46.5 Å². The van der Waals surface area contributed by atoms with Crippen molar-refractivity contribution in [3.8, 4) is 0 Å². The van der Waals surface area contributed by atoms with Gasteiger partial charge in [-0.25, -0.2) is 0 Å². The predicted octanol–water partition coefficient (Wildman–Crippen LogP) is 5.80. The number of aliphatic hydroxyl groups excluding tert-OH is 1. The third-order valence-electron chi connectivity index (χ3n) is 4.73. The summed E-state index contributed by atoms with van der Waals surface area (Å²) in [5.41, 5.74) is 3.41. The minimum atomic E-state index is 0.0401. The monoisotopic (exact) mass is 362 g/mol. The van der Waals surface area contributed by atoms with Gasteiger partial charge in [-0.1, -0.05) is 64.8 Å². The molecule has 26 heavy (non-hydrogen) atoms. The summed E-state index contributed by atoms with van der Waals surface area (Å²) >= 11 is 0. The van der Waals surface area contributed by atoms with Crippen molar-refractivity contribution < 1.29 is 14.6 Å². The molecule has 1 aromatic rings. The van der Waals surface area contributed by atoms with Crippen molar-refractivity contribution in [3.05, 3.63) is 47.5 Å². The van der Waals surface area contributed by atoms with E-state index in [9.17, 15) is 9.90 Å². The Kier molecular flexibility index (Phi) is 14.7. The van der Waals surface area contributed by atoms with Crippen molar-refractivity contribution in [1.82, 2.24) is 0 Å². The number of carbonyl (C=O) groups is 1. The highest BCUT2D eigenvalue weighted by molar-refractivity contribution is 5.37. The van der Waals surface area contributed by atoms with Crippen LogP contribution in [0.15, 0.2) is 30.9 Å². The van der Waals surface area contributed by atoms with Crippen LogP contribution in [-0.2, 0) is 22.6 Å². The van der Waals surface area contributed by atoms with Crippen LogP contribution in [0.5, 0.6) is 0 Å². The Balaban J connectivity index is 0.000000920. The van der Waals surface area contributed by atoms with Crippen molar-refractivity contribution in [2.45, 2.75) is 78.7 Å². The van der Waals surface area contributed by atoms with Crippen LogP contribution in [0, 0.1) is 5.92 Å². The first-order chi connectivity index (χ1) is 12.7. The van der Waals surface area contributed by atoms with E-state index in [0.29, 0.717) is 25.4 Å². The highest BCUT2D eigenvalue weighted by Gasteiger charge is 2.20. The average Bonchev–Trinajstić information content (AvgIpc) is 2.70. The van der Waals surface area contributed by atoms with Gasteiger partial charge in [0, 0.05) is 6.42 Å². The van der Waals surface area contributed by atoms with Crippen molar-refractivity contribution in [1.29, 1.82) is 0 Å². The summed E-state index contributed by atoms with van der Waals surface area (Å²) in [6.07, 6.45) is 8.74. The third-order valence-corrected chi connectivity index (χ3v) is 4.73. The van der Waals surface area contributed by atoms with Gasteiger partial charge in [-0.15, -0.1) is 6.58 Å². The first kappa shape index (κ1) is 24.4. The highest BCUT2D eigenvalue weighted by Crippen LogP contribution is 2.36. The second-order valence-corrected chi connectivity index (χ2v) is 6.56. The molecule has 3 nitrogen and oxygen atoms in total. The molecule has 0 spiro atoms. The van der Waals surface area contributed by atoms with Gasteiger partial charge in [0.05, 0.1) is 13.2 Å². The summed E-state index contributed by atoms with van der Waals surface area (Å²) in [7, 11) is 0. The molecule has 1 aliphatic carbocycles. The van der Waals surface area contributed by atoms with Crippen LogP contribution < -0.4 is 0 Å². The first-order valence-corrected chi connectivity index (χ1v) is 10.0. The van der Waals surface area contributed by atoms with Crippen molar-refractivity contribution >= 4 is 6.47 Å². The second kappa shape index (κ2) is 15.6. The zero-order chi connectivity index (χ0) is 19.8. The largest absolute Gasteiger partial charge is 0.468 e. The minimum absolute atomic E-state index is 0.0401. The molecule has 3 heteroatoms. The van der Waals surface area contributed by atoms with Gasteiger partial charge in [0.1, 0.15) is 0 Å². The summed E-state index contributed by atoms with van der Waals surface area (Å²) in [4.78, 5) is 10.2. The first-order valence-electron chi connectivity index (χ1n) is 10.0. The molecular formula is C23H38O3. The summed E-state index contributed by atoms with van der Waals surface area (Å²) < 4.78 is 4.77. The molecule has 1 saturated carbocycles. The molecule has 0 saturated heterocycles. The number of rotatable bonds is 7. The third kappa shape index (κ3) is 9.19. The van der Waals surface area contributed by atoms with Crippen molar-refractivity contribution in [3.63, 3.8) is 0 Å². The lowest BCUT2D eigenvalue weighted by atomic mass is 9.79. The molecule has 148 valence electrons. The Bertz CT molecular complexity index is 488. The summed E-state index contributed by atoms with van der Waals surface area (Å²) in [5.74, 6) is 1.49. The van der Waals surface area contributed by atoms with E-state index >= 15 is 0 Å². The van der Waals surface area contributed by atoms with Crippen molar-refractivity contribution in [2.75, 3.05) is 6.61 Å². The molecular weight excluding hydrogens is 324 g/mol. The molecule has 1 aliphatic rings. The number of allylic oxidation sites excluding steroid dienone is 1. The van der Waals surface area contributed by atoms with Gasteiger partial charge in [0.15, 0.2) is 0 Å². The molecule has 0 heterocycles. The quantitative estimate of drug-likeness (QED) is 0.379. The Morgan fingerprint density at radius 3 is 2.31 bits per heavy atom. The fourth-order valence-electron chi connectivity index (χ4n) is 3.10. The summed E-state index contributed by atoms with van der Waals surface area (Å²) in [5, 5.41) is 9.40. The van der Waals surface area contributed by atoms with Gasteiger partial charge in [0.25, 0.3) is 6.47 Å². The lowest BCUT2D eigenvalue weighted by Crippen LogP contribution is -2.11. The van der Waals surface area contributed by atoms with E-state index in [4.69, 9.17) is 4.74 Å². The maximum atomic E-state index is 10.2. The number of aliphatic hydroxyl groups is 1. The van der Waals surface area contributed by atoms with Gasteiger partial charge in [-0.05, 0) is 47.8 Å². The van der Waals surface area contributed by atoms with E-state index in [0.717, 1.165) is 23.5 Å². The van der Waals surface area contributed by atoms with E-state index in [-0.39, 0.29) is 6.61 Å². The molecule has 1 fully saturated rings. The van der Waals surface area contributed by atoms with Crippen LogP contribution in [0.25, 0.3) is 0 Å². The standard InChI is InChI=1S/C17H24O3.C4H8.C2H6/c1-13-2-4-14(5-3-13)15-6-7-17(11-18)16(10-15)8-9-20-12-19;1-3-4-2;1-2/h6-7,10,12-14,18H,2-5,8-9,11H2,1H3;3H,1,4H2,2H3;1-2H3. The van der Waals surface area contributed by atoms with Gasteiger partial charge in [0.2, 0.25) is 0 Å². The molecule has 0 aromatic heterocycles. The van der Waals surface area contributed by atoms with Gasteiger partial charge in [-0.2, -0.15) is 0 Å². The molecule has 0 unspecified atom stereocenters. The fraction of sp³-hybridized carbons (Fsp3) is 0.609. The van der Waals surface area contributed by atoms with Crippen LogP contribution >= 0.6 is 0 Å². The van der Waals surface area contributed by atoms with Crippen LogP contribution in [0.4, 0.5) is 0 Å². The number of benzene rings is 1. The molecule has 0 aliphatic heterocycles. The lowest BCUT2D eigenvalue weighted by Gasteiger charge is -2.27. The molecule has 0 radical (unpaired) electrons. The van der Waals surface area contributed by atoms with Crippen LogP contribution in [0.3, 0.4) is 0 Å². The zero-order valence-electron chi connectivity index (χ0n) is 17.2. The Hall–Kier alpha value is -1.61. The SMILES string of the molecule is C=CCC.CC.CC1CCC(c2ccc(CO)c(CCOC=O)c2)CC1. The number of hydrogen-bond donors (Lipinski definition) is 1. The number of carbonyl (C=O) groups excluding carboxylic acids is 1. The average molecular weight is 363 g/mol. The summed E-state index contributed by atoms with van der Waals surface area (Å²) in [6.45, 7) is 12.8. The maximum absolute atomic E-state index is 10.2. The van der Waals surface area contributed by atoms with Crippen LogP contribution in [0.1, 0.15) is 82.4 Å². The van der Waals surface area contributed by atoms with E-state index in [1.165, 1.54) is 31.2 Å². The lowest BCUT2D eigenvalue weighted by molar-refractivity contribution is -0.128. The molecule has 0 bridgehead atoms. The van der Waals surface area contributed by atoms with E-state index in [1.807, 2.05) is 26.0 Å². The van der Waals surface area contributed by atoms with Crippen LogP contribution in [0.2, 0.25) is 0 Å². The minimum Gasteiger partial charge on any atom is -0.468 e. The Labute approximate surface area is 160 Å². The Morgan fingerprint density at radius 1 is 1.19 bits per heavy atom. The van der Waals surface area contributed by atoms with E-state index in [1.54, 1.807) is 0 Å². The highest BCUT2D eigenvalue weighted by atomic mass is 16.5. The molecule has 1 aromatic carbocycles. The van der Waals surface area contributed by atoms with Crippen LogP contribution in [-0.4, -0.2) is 18.2 Å². The Morgan fingerprint density at radius 2 is 1.81 bits per heavy atom. The van der Waals surface area contributed by atoms with Gasteiger partial charge < -0.3 is 9.84 Å². The molecule has 2 rings (SSSR count). The fourth-order valence-corrected chi connectivity index (χ4v) is 3.10. The van der Waals surface area contributed by atoms with Gasteiger partial charge in [-0.3, -0.25) is 4.79 Å². The second-order valence-electron chi connectivity index (χ2n) is 6.56. The number of ether oxygens (including phenoxy) is 1. The van der Waals surface area contributed by atoms with E-state index < -0.39 is 0 Å². The normalized spacial score (nSPS) is 18.5. The predicted molar refractivity (Wildman–Crippen MR) is 110 cm³/mol.